The minimum absolute atomic E-state index is 0.159. The highest BCUT2D eigenvalue weighted by Crippen LogP contribution is 2.17. The number of halogens is 3. The van der Waals surface area contributed by atoms with Gasteiger partial charge in [-0.2, -0.15) is 0 Å². The smallest absolute Gasteiger partial charge is 0.194 e. The monoisotopic (exact) mass is 219 g/mol. The van der Waals surface area contributed by atoms with E-state index >= 15 is 0 Å². The molecule has 1 aromatic rings. The van der Waals surface area contributed by atoms with Crippen LogP contribution in [0.5, 0.6) is 0 Å². The third-order valence-corrected chi connectivity index (χ3v) is 1.88. The number of hydrogen-bond acceptors (Lipinski definition) is 2. The second-order valence-electron chi connectivity index (χ2n) is 3.32. The van der Waals surface area contributed by atoms with Crippen LogP contribution in [0.4, 0.5) is 18.9 Å². The van der Waals surface area contributed by atoms with Crippen molar-refractivity contribution < 1.29 is 18.3 Å². The zero-order valence-electron chi connectivity index (χ0n) is 8.23. The molecule has 0 aliphatic carbocycles. The Morgan fingerprint density at radius 2 is 1.80 bits per heavy atom. The average Bonchev–Trinajstić information content (AvgIpc) is 2.13. The highest BCUT2D eigenvalue weighted by molar-refractivity contribution is 5.43. The summed E-state index contributed by atoms with van der Waals surface area (Å²) in [6.45, 7) is 1.97. The van der Waals surface area contributed by atoms with Gasteiger partial charge in [-0.15, -0.1) is 0 Å². The van der Waals surface area contributed by atoms with E-state index in [2.05, 4.69) is 5.32 Å². The van der Waals surface area contributed by atoms with Crippen molar-refractivity contribution >= 4 is 5.69 Å². The van der Waals surface area contributed by atoms with Gasteiger partial charge in [0.1, 0.15) is 0 Å². The average molecular weight is 219 g/mol. The van der Waals surface area contributed by atoms with Crippen molar-refractivity contribution in [2.24, 2.45) is 0 Å². The van der Waals surface area contributed by atoms with Gasteiger partial charge in [-0.1, -0.05) is 0 Å². The van der Waals surface area contributed by atoms with Gasteiger partial charge in [0.05, 0.1) is 6.10 Å². The Morgan fingerprint density at radius 1 is 1.27 bits per heavy atom. The topological polar surface area (TPSA) is 32.3 Å². The summed E-state index contributed by atoms with van der Waals surface area (Å²) in [5.41, 5.74) is 0.159. The fraction of sp³-hybridized carbons (Fsp3) is 0.400. The molecule has 84 valence electrons. The molecule has 0 radical (unpaired) electrons. The maximum Gasteiger partial charge on any atom is 0.194 e. The second-order valence-corrected chi connectivity index (χ2v) is 3.32. The molecule has 1 atom stereocenters. The summed E-state index contributed by atoms with van der Waals surface area (Å²) in [6, 6.07) is 1.75. The molecule has 0 heterocycles. The summed E-state index contributed by atoms with van der Waals surface area (Å²) in [5, 5.41) is 11.6. The van der Waals surface area contributed by atoms with Crippen LogP contribution >= 0.6 is 0 Å². The van der Waals surface area contributed by atoms with Crippen LogP contribution in [0.2, 0.25) is 0 Å². The highest BCUT2D eigenvalue weighted by Gasteiger charge is 2.10. The van der Waals surface area contributed by atoms with Gasteiger partial charge in [-0.05, 0) is 13.3 Å². The molecule has 1 unspecified atom stereocenters. The number of aliphatic hydroxyl groups excluding tert-OH is 1. The van der Waals surface area contributed by atoms with E-state index in [9.17, 15) is 13.2 Å². The molecule has 0 saturated carbocycles. The van der Waals surface area contributed by atoms with Crippen molar-refractivity contribution in [2.75, 3.05) is 11.9 Å². The lowest BCUT2D eigenvalue weighted by Crippen LogP contribution is -2.10. The normalized spacial score (nSPS) is 12.6. The number of benzene rings is 1. The highest BCUT2D eigenvalue weighted by atomic mass is 19.2. The molecule has 2 nitrogen and oxygen atoms in total. The summed E-state index contributed by atoms with van der Waals surface area (Å²) in [7, 11) is 0. The first kappa shape index (κ1) is 11.8. The van der Waals surface area contributed by atoms with Crippen LogP contribution in [-0.2, 0) is 0 Å². The molecule has 1 aromatic carbocycles. The maximum atomic E-state index is 12.7. The fourth-order valence-corrected chi connectivity index (χ4v) is 1.08. The minimum atomic E-state index is -1.48. The van der Waals surface area contributed by atoms with Gasteiger partial charge in [0, 0.05) is 24.4 Å². The molecule has 0 aliphatic heterocycles. The molecule has 0 bridgehead atoms. The van der Waals surface area contributed by atoms with Crippen LogP contribution in [0.3, 0.4) is 0 Å². The molecule has 0 amide bonds. The van der Waals surface area contributed by atoms with E-state index in [4.69, 9.17) is 5.11 Å². The van der Waals surface area contributed by atoms with Gasteiger partial charge in [0.15, 0.2) is 17.5 Å². The second kappa shape index (κ2) is 5.02. The van der Waals surface area contributed by atoms with Gasteiger partial charge in [0.2, 0.25) is 0 Å². The summed E-state index contributed by atoms with van der Waals surface area (Å²) < 4.78 is 38.0. The molecule has 0 aromatic heterocycles. The number of aliphatic hydroxyl groups is 1. The molecule has 15 heavy (non-hydrogen) atoms. The molecule has 0 aliphatic rings. The third-order valence-electron chi connectivity index (χ3n) is 1.88. The predicted octanol–water partition coefficient (Wildman–Crippen LogP) is 2.29. The van der Waals surface area contributed by atoms with Crippen LogP contribution in [0.15, 0.2) is 12.1 Å². The SMILES string of the molecule is CC(O)CCNc1cc(F)c(F)c(F)c1. The standard InChI is InChI=1S/C10H12F3NO/c1-6(15)2-3-14-7-4-8(11)10(13)9(12)5-7/h4-6,14-15H,2-3H2,1H3. The first-order chi connectivity index (χ1) is 7.00. The van der Waals surface area contributed by atoms with Crippen molar-refractivity contribution in [2.45, 2.75) is 19.4 Å². The van der Waals surface area contributed by atoms with E-state index in [-0.39, 0.29) is 5.69 Å². The van der Waals surface area contributed by atoms with Crippen LogP contribution in [0.1, 0.15) is 13.3 Å². The van der Waals surface area contributed by atoms with Crippen LogP contribution in [0, 0.1) is 17.5 Å². The molecule has 0 spiro atoms. The zero-order chi connectivity index (χ0) is 11.4. The molecule has 5 heteroatoms. The van der Waals surface area contributed by atoms with Crippen molar-refractivity contribution in [1.29, 1.82) is 0 Å². The van der Waals surface area contributed by atoms with Gasteiger partial charge in [-0.25, -0.2) is 13.2 Å². The minimum Gasteiger partial charge on any atom is -0.393 e. The van der Waals surface area contributed by atoms with Crippen molar-refractivity contribution in [3.63, 3.8) is 0 Å². The van der Waals surface area contributed by atoms with Crippen LogP contribution in [-0.4, -0.2) is 17.8 Å². The molecular formula is C10H12F3NO. The fourth-order valence-electron chi connectivity index (χ4n) is 1.08. The Bertz CT molecular complexity index is 318. The Kier molecular flexibility index (Phi) is 3.96. The molecular weight excluding hydrogens is 207 g/mol. The summed E-state index contributed by atoms with van der Waals surface area (Å²) >= 11 is 0. The van der Waals surface area contributed by atoms with E-state index in [0.717, 1.165) is 12.1 Å². The maximum absolute atomic E-state index is 12.7. The molecule has 0 saturated heterocycles. The Hall–Kier alpha value is -1.23. The van der Waals surface area contributed by atoms with Gasteiger partial charge >= 0.3 is 0 Å². The quantitative estimate of drug-likeness (QED) is 0.761. The number of anilines is 1. The van der Waals surface area contributed by atoms with E-state index in [1.54, 1.807) is 6.92 Å². The van der Waals surface area contributed by atoms with Gasteiger partial charge < -0.3 is 10.4 Å². The van der Waals surface area contributed by atoms with Crippen LogP contribution < -0.4 is 5.32 Å². The Labute approximate surface area is 85.7 Å². The summed E-state index contributed by atoms with van der Waals surface area (Å²) in [6.07, 6.45) is -0.0479. The van der Waals surface area contributed by atoms with E-state index in [0.29, 0.717) is 13.0 Å². The molecule has 0 fully saturated rings. The zero-order valence-corrected chi connectivity index (χ0v) is 8.23. The Morgan fingerprint density at radius 3 is 2.27 bits per heavy atom. The lowest BCUT2D eigenvalue weighted by atomic mass is 10.2. The number of nitrogens with one attached hydrogen (secondary N) is 1. The lowest BCUT2D eigenvalue weighted by molar-refractivity contribution is 0.189. The third kappa shape index (κ3) is 3.43. The summed E-state index contributed by atoms with van der Waals surface area (Å²) in [5.74, 6) is -3.93. The van der Waals surface area contributed by atoms with Gasteiger partial charge in [-0.3, -0.25) is 0 Å². The van der Waals surface area contributed by atoms with E-state index < -0.39 is 23.6 Å². The Balaban J connectivity index is 2.63. The van der Waals surface area contributed by atoms with Crippen molar-refractivity contribution in [3.8, 4) is 0 Å². The first-order valence-electron chi connectivity index (χ1n) is 4.57. The number of rotatable bonds is 4. The van der Waals surface area contributed by atoms with E-state index in [1.807, 2.05) is 0 Å². The number of hydrogen-bond donors (Lipinski definition) is 2. The van der Waals surface area contributed by atoms with E-state index in [1.165, 1.54) is 0 Å². The largest absolute Gasteiger partial charge is 0.393 e. The molecule has 2 N–H and O–H groups in total. The summed E-state index contributed by atoms with van der Waals surface area (Å²) in [4.78, 5) is 0. The van der Waals surface area contributed by atoms with Gasteiger partial charge in [0.25, 0.3) is 0 Å². The molecule has 1 rings (SSSR count). The lowest BCUT2D eigenvalue weighted by Gasteiger charge is -2.08. The first-order valence-corrected chi connectivity index (χ1v) is 4.57. The van der Waals surface area contributed by atoms with Crippen LogP contribution in [0.25, 0.3) is 0 Å². The van der Waals surface area contributed by atoms with Crippen molar-refractivity contribution in [3.05, 3.63) is 29.6 Å². The van der Waals surface area contributed by atoms with Crippen molar-refractivity contribution in [1.82, 2.24) is 0 Å². The predicted molar refractivity (Wildman–Crippen MR) is 51.1 cm³/mol.